The van der Waals surface area contributed by atoms with Gasteiger partial charge in [0.2, 0.25) is 0 Å². The van der Waals surface area contributed by atoms with Gasteiger partial charge in [-0.05, 0) is 80.3 Å². The van der Waals surface area contributed by atoms with Crippen molar-refractivity contribution in [3.63, 3.8) is 0 Å². The molecule has 1 aliphatic rings. The molecule has 0 amide bonds. The van der Waals surface area contributed by atoms with Gasteiger partial charge in [0.05, 0.1) is 33.3 Å². The summed E-state index contributed by atoms with van der Waals surface area (Å²) in [6, 6.07) is 34.4. The second-order valence-electron chi connectivity index (χ2n) is 11.7. The maximum absolute atomic E-state index is 6.50. The maximum atomic E-state index is 6.50. The molecule has 8 rings (SSSR count). The number of aromatic nitrogens is 1. The van der Waals surface area contributed by atoms with Crippen molar-refractivity contribution < 1.29 is 13.7 Å². The van der Waals surface area contributed by atoms with Crippen LogP contribution in [-0.2, 0) is 9.31 Å². The Morgan fingerprint density at radius 1 is 0.590 bits per heavy atom. The number of benzene rings is 5. The second kappa shape index (κ2) is 7.75. The normalized spacial score (nSPS) is 16.9. The predicted octanol–water partition coefficient (Wildman–Crippen LogP) is 8.14. The van der Waals surface area contributed by atoms with Crippen LogP contribution in [0.4, 0.5) is 0 Å². The van der Waals surface area contributed by atoms with E-state index in [-0.39, 0.29) is 0 Å². The Labute approximate surface area is 226 Å². The number of rotatable bonds is 2. The number of furan rings is 1. The molecule has 0 aliphatic carbocycles. The van der Waals surface area contributed by atoms with Gasteiger partial charge in [-0.3, -0.25) is 0 Å². The molecule has 3 heterocycles. The lowest BCUT2D eigenvalue weighted by Gasteiger charge is -2.32. The molecule has 1 aliphatic heterocycles. The molecule has 0 spiro atoms. The van der Waals surface area contributed by atoms with Crippen molar-refractivity contribution in [2.24, 2.45) is 0 Å². The van der Waals surface area contributed by atoms with E-state index in [1.807, 2.05) is 12.1 Å². The Morgan fingerprint density at radius 3 is 2.00 bits per heavy atom. The van der Waals surface area contributed by atoms with E-state index >= 15 is 0 Å². The molecular weight excluding hydrogens is 481 g/mol. The van der Waals surface area contributed by atoms with Crippen LogP contribution in [0.5, 0.6) is 0 Å². The second-order valence-corrected chi connectivity index (χ2v) is 11.7. The summed E-state index contributed by atoms with van der Waals surface area (Å²) in [5.74, 6) is 0. The van der Waals surface area contributed by atoms with Crippen molar-refractivity contribution in [2.75, 3.05) is 0 Å². The molecule has 0 unspecified atom stereocenters. The largest absolute Gasteiger partial charge is 0.495 e. The molecule has 190 valence electrons. The van der Waals surface area contributed by atoms with E-state index in [4.69, 9.17) is 13.7 Å². The Morgan fingerprint density at radius 2 is 1.23 bits per heavy atom. The zero-order valence-corrected chi connectivity index (χ0v) is 22.5. The summed E-state index contributed by atoms with van der Waals surface area (Å²) in [6.07, 6.45) is 0. The van der Waals surface area contributed by atoms with Crippen LogP contribution in [0.2, 0.25) is 0 Å². The van der Waals surface area contributed by atoms with Crippen molar-refractivity contribution in [1.29, 1.82) is 0 Å². The summed E-state index contributed by atoms with van der Waals surface area (Å²) < 4.78 is 21.9. The predicted molar refractivity (Wildman–Crippen MR) is 161 cm³/mol. The molecule has 5 aromatic carbocycles. The van der Waals surface area contributed by atoms with Gasteiger partial charge >= 0.3 is 7.12 Å². The van der Waals surface area contributed by atoms with Crippen molar-refractivity contribution in [1.82, 2.24) is 4.57 Å². The van der Waals surface area contributed by atoms with Gasteiger partial charge < -0.3 is 18.3 Å². The molecular formula is C34H28BNO3. The monoisotopic (exact) mass is 509 g/mol. The summed E-state index contributed by atoms with van der Waals surface area (Å²) in [5.41, 5.74) is 5.13. The highest BCUT2D eigenvalue weighted by atomic mass is 16.7. The molecule has 4 nitrogen and oxygen atoms in total. The van der Waals surface area contributed by atoms with Crippen LogP contribution in [0, 0.1) is 0 Å². The van der Waals surface area contributed by atoms with Crippen molar-refractivity contribution in [3.05, 3.63) is 97.1 Å². The molecule has 1 fully saturated rings. The number of hydrogen-bond acceptors (Lipinski definition) is 3. The molecule has 39 heavy (non-hydrogen) atoms. The summed E-state index contributed by atoms with van der Waals surface area (Å²) in [4.78, 5) is 0. The standard InChI is InChI=1S/C34H28BNO3/c1-33(2)34(3,4)39-35(38-33)23-19-29(32-25-14-8-10-16-30(25)37-31(32)20-23)36-27-15-9-7-13-24(27)26-17-21-11-5-6-12-22(21)18-28(26)36/h5-20H,1-4H3. The summed E-state index contributed by atoms with van der Waals surface area (Å²) in [7, 11) is -0.500. The Kier molecular flexibility index (Phi) is 4.55. The minimum Gasteiger partial charge on any atom is -0.456 e. The minimum absolute atomic E-state index is 0.438. The lowest BCUT2D eigenvalue weighted by molar-refractivity contribution is 0.00578. The molecule has 7 aromatic rings. The van der Waals surface area contributed by atoms with Gasteiger partial charge in [-0.25, -0.2) is 0 Å². The molecule has 0 atom stereocenters. The molecule has 0 bridgehead atoms. The van der Waals surface area contributed by atoms with Crippen LogP contribution < -0.4 is 5.46 Å². The summed E-state index contributed by atoms with van der Waals surface area (Å²) in [5, 5.41) is 7.07. The fourth-order valence-electron chi connectivity index (χ4n) is 6.06. The number of hydrogen-bond donors (Lipinski definition) is 0. The average Bonchev–Trinajstić information content (AvgIpc) is 3.53. The highest BCUT2D eigenvalue weighted by Crippen LogP contribution is 2.41. The number of fused-ring (bicyclic) bond motifs is 7. The van der Waals surface area contributed by atoms with E-state index in [0.29, 0.717) is 0 Å². The van der Waals surface area contributed by atoms with E-state index in [1.54, 1.807) is 0 Å². The van der Waals surface area contributed by atoms with Gasteiger partial charge in [-0.15, -0.1) is 0 Å². The highest BCUT2D eigenvalue weighted by Gasteiger charge is 2.52. The van der Waals surface area contributed by atoms with Gasteiger partial charge in [0.1, 0.15) is 11.2 Å². The Hall–Kier alpha value is -4.06. The first-order valence-corrected chi connectivity index (χ1v) is 13.5. The van der Waals surface area contributed by atoms with Crippen LogP contribution in [0.1, 0.15) is 27.7 Å². The van der Waals surface area contributed by atoms with Crippen LogP contribution >= 0.6 is 0 Å². The quantitative estimate of drug-likeness (QED) is 0.221. The van der Waals surface area contributed by atoms with Crippen LogP contribution in [0.3, 0.4) is 0 Å². The first-order valence-electron chi connectivity index (χ1n) is 13.5. The van der Waals surface area contributed by atoms with Crippen LogP contribution in [0.25, 0.3) is 60.2 Å². The Balaban J connectivity index is 1.51. The number of nitrogens with zero attached hydrogens (tertiary/aromatic N) is 1. The third kappa shape index (κ3) is 3.21. The topological polar surface area (TPSA) is 36.5 Å². The SMILES string of the molecule is CC1(C)OB(c2cc(-n3c4ccccc4c4cc5ccccc5cc43)c3c(c2)oc2ccccc23)OC1(C)C. The van der Waals surface area contributed by atoms with Crippen LogP contribution in [0.15, 0.2) is 101 Å². The maximum Gasteiger partial charge on any atom is 0.495 e. The van der Waals surface area contributed by atoms with Crippen molar-refractivity contribution in [2.45, 2.75) is 38.9 Å². The van der Waals surface area contributed by atoms with Gasteiger partial charge in [-0.2, -0.15) is 0 Å². The van der Waals surface area contributed by atoms with E-state index in [9.17, 15) is 0 Å². The van der Waals surface area contributed by atoms with Crippen molar-refractivity contribution >= 4 is 67.1 Å². The van der Waals surface area contributed by atoms with E-state index in [0.717, 1.165) is 44.1 Å². The minimum atomic E-state index is -0.500. The molecule has 0 radical (unpaired) electrons. The lowest BCUT2D eigenvalue weighted by Crippen LogP contribution is -2.41. The van der Waals surface area contributed by atoms with Gasteiger partial charge in [0, 0.05) is 16.2 Å². The average molecular weight is 509 g/mol. The molecule has 0 N–H and O–H groups in total. The fourth-order valence-corrected chi connectivity index (χ4v) is 6.06. The Bertz CT molecular complexity index is 2080. The molecule has 1 saturated heterocycles. The van der Waals surface area contributed by atoms with E-state index in [2.05, 4.69) is 117 Å². The lowest BCUT2D eigenvalue weighted by atomic mass is 9.78. The van der Waals surface area contributed by atoms with Crippen LogP contribution in [-0.4, -0.2) is 22.9 Å². The van der Waals surface area contributed by atoms with Gasteiger partial charge in [-0.1, -0.05) is 60.7 Å². The molecule has 2 aromatic heterocycles. The van der Waals surface area contributed by atoms with Crippen molar-refractivity contribution in [3.8, 4) is 5.69 Å². The fraction of sp³-hybridized carbons (Fsp3) is 0.176. The van der Waals surface area contributed by atoms with E-state index in [1.165, 1.54) is 21.5 Å². The van der Waals surface area contributed by atoms with Gasteiger partial charge in [0.25, 0.3) is 0 Å². The third-order valence-corrected chi connectivity index (χ3v) is 8.79. The zero-order valence-electron chi connectivity index (χ0n) is 22.5. The molecule has 0 saturated carbocycles. The smallest absolute Gasteiger partial charge is 0.456 e. The first kappa shape index (κ1) is 22.9. The third-order valence-electron chi connectivity index (χ3n) is 8.79. The first-order chi connectivity index (χ1) is 18.8. The zero-order chi connectivity index (χ0) is 26.5. The summed E-state index contributed by atoms with van der Waals surface area (Å²) >= 11 is 0. The van der Waals surface area contributed by atoms with E-state index < -0.39 is 18.3 Å². The molecule has 5 heteroatoms. The summed E-state index contributed by atoms with van der Waals surface area (Å²) in [6.45, 7) is 8.36. The highest BCUT2D eigenvalue weighted by molar-refractivity contribution is 6.62. The van der Waals surface area contributed by atoms with Gasteiger partial charge in [0.15, 0.2) is 0 Å². The number of para-hydroxylation sites is 2.